The molecule has 1 heterocycles. The monoisotopic (exact) mass is 367 g/mol. The van der Waals surface area contributed by atoms with Gasteiger partial charge in [0.15, 0.2) is 0 Å². The van der Waals surface area contributed by atoms with E-state index in [0.717, 1.165) is 23.3 Å². The summed E-state index contributed by atoms with van der Waals surface area (Å²) < 4.78 is 7.17. The van der Waals surface area contributed by atoms with Crippen molar-refractivity contribution in [1.82, 2.24) is 5.32 Å². The molecule has 0 aliphatic heterocycles. The van der Waals surface area contributed by atoms with Crippen molar-refractivity contribution in [2.45, 2.75) is 33.9 Å². The summed E-state index contributed by atoms with van der Waals surface area (Å²) in [6.45, 7) is 9.00. The van der Waals surface area contributed by atoms with E-state index in [2.05, 4.69) is 71.0 Å². The van der Waals surface area contributed by atoms with Gasteiger partial charge in [0, 0.05) is 16.6 Å². The highest BCUT2D eigenvalue weighted by atomic mass is 79.9. The summed E-state index contributed by atoms with van der Waals surface area (Å²) in [5.41, 5.74) is 3.60. The Kier molecular flexibility index (Phi) is 6.27. The molecule has 1 aromatic heterocycles. The van der Waals surface area contributed by atoms with Gasteiger partial charge in [0.05, 0.1) is 0 Å². The zero-order valence-electron chi connectivity index (χ0n) is 12.8. The van der Waals surface area contributed by atoms with E-state index < -0.39 is 0 Å². The minimum atomic E-state index is 0.628. The Bertz CT molecular complexity index is 566. The molecule has 0 aliphatic carbocycles. The van der Waals surface area contributed by atoms with Crippen LogP contribution in [0.3, 0.4) is 0 Å². The first-order chi connectivity index (χ1) is 10.1. The highest BCUT2D eigenvalue weighted by Gasteiger charge is 2.10. The van der Waals surface area contributed by atoms with Gasteiger partial charge in [0.25, 0.3) is 0 Å². The summed E-state index contributed by atoms with van der Waals surface area (Å²) in [5, 5.41) is 7.70. The van der Waals surface area contributed by atoms with Crippen LogP contribution in [0.4, 0.5) is 0 Å². The Morgan fingerprint density at radius 2 is 2.14 bits per heavy atom. The van der Waals surface area contributed by atoms with Crippen LogP contribution in [-0.4, -0.2) is 6.54 Å². The van der Waals surface area contributed by atoms with E-state index in [1.54, 1.807) is 11.3 Å². The maximum Gasteiger partial charge on any atom is 0.127 e. The lowest BCUT2D eigenvalue weighted by Gasteiger charge is -2.16. The van der Waals surface area contributed by atoms with Gasteiger partial charge in [-0.15, -0.1) is 0 Å². The van der Waals surface area contributed by atoms with E-state index in [-0.39, 0.29) is 0 Å². The molecule has 2 rings (SSSR count). The van der Waals surface area contributed by atoms with E-state index >= 15 is 0 Å². The standard InChI is InChI=1S/C17H22BrNOS/c1-12(2)8-19-9-15-7-16(18)6-13(3)17(15)20-10-14-4-5-21-11-14/h4-7,11-12,19H,8-10H2,1-3H3. The van der Waals surface area contributed by atoms with Gasteiger partial charge in [-0.3, -0.25) is 0 Å². The number of nitrogens with one attached hydrogen (secondary N) is 1. The first-order valence-corrected chi connectivity index (χ1v) is 8.93. The van der Waals surface area contributed by atoms with Crippen molar-refractivity contribution in [1.29, 1.82) is 0 Å². The van der Waals surface area contributed by atoms with Crippen LogP contribution in [0.1, 0.15) is 30.5 Å². The largest absolute Gasteiger partial charge is 0.488 e. The van der Waals surface area contributed by atoms with Crippen LogP contribution in [0.5, 0.6) is 5.75 Å². The molecule has 0 saturated carbocycles. The number of halogens is 1. The Morgan fingerprint density at radius 1 is 1.33 bits per heavy atom. The first kappa shape index (κ1) is 16.5. The third-order valence-corrected chi connectivity index (χ3v) is 4.34. The fourth-order valence-corrected chi connectivity index (χ4v) is 3.44. The average Bonchev–Trinajstić information content (AvgIpc) is 2.90. The summed E-state index contributed by atoms with van der Waals surface area (Å²) in [7, 11) is 0. The summed E-state index contributed by atoms with van der Waals surface area (Å²) in [4.78, 5) is 0. The van der Waals surface area contributed by atoms with E-state index in [0.29, 0.717) is 12.5 Å². The van der Waals surface area contributed by atoms with Crippen LogP contribution in [-0.2, 0) is 13.2 Å². The smallest absolute Gasteiger partial charge is 0.127 e. The van der Waals surface area contributed by atoms with Gasteiger partial charge in [0.2, 0.25) is 0 Å². The highest BCUT2D eigenvalue weighted by molar-refractivity contribution is 9.10. The average molecular weight is 368 g/mol. The van der Waals surface area contributed by atoms with Gasteiger partial charge in [-0.1, -0.05) is 29.8 Å². The fourth-order valence-electron chi connectivity index (χ4n) is 2.16. The number of rotatable bonds is 7. The second-order valence-electron chi connectivity index (χ2n) is 5.66. The molecule has 0 atom stereocenters. The molecule has 0 aliphatic rings. The third-order valence-electron chi connectivity index (χ3n) is 3.15. The van der Waals surface area contributed by atoms with Gasteiger partial charge >= 0.3 is 0 Å². The molecule has 1 N–H and O–H groups in total. The minimum Gasteiger partial charge on any atom is -0.488 e. The third kappa shape index (κ3) is 5.13. The van der Waals surface area contributed by atoms with Crippen molar-refractivity contribution in [3.8, 4) is 5.75 Å². The zero-order valence-corrected chi connectivity index (χ0v) is 15.2. The number of benzene rings is 1. The van der Waals surface area contributed by atoms with E-state index in [4.69, 9.17) is 4.74 Å². The highest BCUT2D eigenvalue weighted by Crippen LogP contribution is 2.29. The molecule has 0 unspecified atom stereocenters. The molecule has 0 amide bonds. The lowest BCUT2D eigenvalue weighted by atomic mass is 10.1. The van der Waals surface area contributed by atoms with Crippen molar-refractivity contribution in [3.63, 3.8) is 0 Å². The van der Waals surface area contributed by atoms with Gasteiger partial charge in [0.1, 0.15) is 12.4 Å². The summed E-state index contributed by atoms with van der Waals surface area (Å²) >= 11 is 5.28. The topological polar surface area (TPSA) is 21.3 Å². The second kappa shape index (κ2) is 7.97. The molecular weight excluding hydrogens is 346 g/mol. The lowest BCUT2D eigenvalue weighted by molar-refractivity contribution is 0.300. The Labute approximate surface area is 139 Å². The summed E-state index contributed by atoms with van der Waals surface area (Å²) in [6, 6.07) is 6.35. The number of ether oxygens (including phenoxy) is 1. The van der Waals surface area contributed by atoms with Gasteiger partial charge in [-0.2, -0.15) is 11.3 Å². The van der Waals surface area contributed by atoms with Crippen LogP contribution in [0, 0.1) is 12.8 Å². The SMILES string of the molecule is Cc1cc(Br)cc(CNCC(C)C)c1OCc1ccsc1. The lowest BCUT2D eigenvalue weighted by Crippen LogP contribution is -2.19. The summed E-state index contributed by atoms with van der Waals surface area (Å²) in [5.74, 6) is 1.65. The molecule has 0 bridgehead atoms. The summed E-state index contributed by atoms with van der Waals surface area (Å²) in [6.07, 6.45) is 0. The fraction of sp³-hybridized carbons (Fsp3) is 0.412. The van der Waals surface area contributed by atoms with E-state index in [1.165, 1.54) is 16.7 Å². The molecule has 1 aromatic carbocycles. The maximum atomic E-state index is 6.07. The molecular formula is C17H22BrNOS. The number of hydrogen-bond acceptors (Lipinski definition) is 3. The first-order valence-electron chi connectivity index (χ1n) is 7.20. The van der Waals surface area contributed by atoms with Crippen molar-refractivity contribution in [3.05, 3.63) is 50.1 Å². The zero-order chi connectivity index (χ0) is 15.2. The molecule has 2 nitrogen and oxygen atoms in total. The van der Waals surface area contributed by atoms with Crippen LogP contribution in [0.15, 0.2) is 33.4 Å². The molecule has 4 heteroatoms. The Hall–Kier alpha value is -0.840. The van der Waals surface area contributed by atoms with Crippen molar-refractivity contribution in [2.75, 3.05) is 6.54 Å². The number of aryl methyl sites for hydroxylation is 1. The Morgan fingerprint density at radius 3 is 2.81 bits per heavy atom. The maximum absolute atomic E-state index is 6.07. The van der Waals surface area contributed by atoms with Crippen LogP contribution in [0.25, 0.3) is 0 Å². The quantitative estimate of drug-likeness (QED) is 0.730. The normalized spacial score (nSPS) is 11.1. The second-order valence-corrected chi connectivity index (χ2v) is 7.35. The number of hydrogen-bond donors (Lipinski definition) is 1. The van der Waals surface area contributed by atoms with Crippen molar-refractivity contribution >= 4 is 27.3 Å². The van der Waals surface area contributed by atoms with Crippen molar-refractivity contribution < 1.29 is 4.74 Å². The molecule has 0 fully saturated rings. The molecule has 0 spiro atoms. The minimum absolute atomic E-state index is 0.628. The van der Waals surface area contributed by atoms with Gasteiger partial charge in [-0.25, -0.2) is 0 Å². The predicted molar refractivity (Wildman–Crippen MR) is 94.1 cm³/mol. The molecule has 114 valence electrons. The predicted octanol–water partition coefficient (Wildman–Crippen LogP) is 5.14. The molecule has 0 saturated heterocycles. The van der Waals surface area contributed by atoms with Crippen LogP contribution in [0.2, 0.25) is 0 Å². The van der Waals surface area contributed by atoms with Crippen molar-refractivity contribution in [2.24, 2.45) is 5.92 Å². The van der Waals surface area contributed by atoms with E-state index in [1.807, 2.05) is 0 Å². The van der Waals surface area contributed by atoms with E-state index in [9.17, 15) is 0 Å². The van der Waals surface area contributed by atoms with Gasteiger partial charge < -0.3 is 10.1 Å². The number of thiophene rings is 1. The Balaban J connectivity index is 2.09. The molecule has 2 aromatic rings. The van der Waals surface area contributed by atoms with Crippen LogP contribution < -0.4 is 10.1 Å². The van der Waals surface area contributed by atoms with Gasteiger partial charge in [-0.05, 0) is 59.5 Å². The van der Waals surface area contributed by atoms with Crippen LogP contribution >= 0.6 is 27.3 Å². The molecule has 21 heavy (non-hydrogen) atoms. The molecule has 0 radical (unpaired) electrons.